The molecular formula is C25H33BrN2O3. The number of ether oxygens (including phenoxy) is 1. The fourth-order valence-electron chi connectivity index (χ4n) is 3.47. The van der Waals surface area contributed by atoms with Gasteiger partial charge < -0.3 is 15.0 Å². The van der Waals surface area contributed by atoms with Crippen LogP contribution in [0.25, 0.3) is 0 Å². The molecule has 0 fully saturated rings. The van der Waals surface area contributed by atoms with Crippen LogP contribution in [0.4, 0.5) is 0 Å². The summed E-state index contributed by atoms with van der Waals surface area (Å²) in [6.45, 7) is 10.8. The van der Waals surface area contributed by atoms with Gasteiger partial charge in [-0.05, 0) is 68.0 Å². The molecule has 0 aromatic heterocycles. The zero-order chi connectivity index (χ0) is 23.0. The van der Waals surface area contributed by atoms with Gasteiger partial charge in [0.25, 0.3) is 5.91 Å². The van der Waals surface area contributed by atoms with Crippen LogP contribution in [0, 0.1) is 20.8 Å². The molecule has 0 saturated carbocycles. The Balaban J connectivity index is 2.24. The zero-order valence-electron chi connectivity index (χ0n) is 19.1. The number of carbonyl (C=O) groups excluding carboxylic acids is 2. The first kappa shape index (κ1) is 24.9. The predicted octanol–water partition coefficient (Wildman–Crippen LogP) is 5.09. The first-order valence-corrected chi connectivity index (χ1v) is 11.6. The second kappa shape index (κ2) is 11.9. The lowest BCUT2D eigenvalue weighted by Gasteiger charge is -2.31. The zero-order valence-corrected chi connectivity index (χ0v) is 20.7. The van der Waals surface area contributed by atoms with E-state index < -0.39 is 6.04 Å². The van der Waals surface area contributed by atoms with Crippen LogP contribution in [-0.2, 0) is 16.1 Å². The molecule has 168 valence electrons. The number of nitrogens with zero attached hydrogens (tertiary/aromatic N) is 1. The quantitative estimate of drug-likeness (QED) is 0.506. The van der Waals surface area contributed by atoms with Crippen LogP contribution in [0.1, 0.15) is 48.9 Å². The van der Waals surface area contributed by atoms with E-state index >= 15 is 0 Å². The van der Waals surface area contributed by atoms with E-state index in [4.69, 9.17) is 4.74 Å². The first-order valence-electron chi connectivity index (χ1n) is 10.8. The number of nitrogens with one attached hydrogen (secondary N) is 1. The number of hydrogen-bond donors (Lipinski definition) is 1. The van der Waals surface area contributed by atoms with E-state index in [0.29, 0.717) is 25.3 Å². The van der Waals surface area contributed by atoms with Crippen LogP contribution in [-0.4, -0.2) is 35.9 Å². The second-order valence-electron chi connectivity index (χ2n) is 7.82. The fourth-order valence-corrected chi connectivity index (χ4v) is 3.70. The molecule has 0 radical (unpaired) electrons. The third-order valence-electron chi connectivity index (χ3n) is 5.31. The van der Waals surface area contributed by atoms with E-state index in [2.05, 4.69) is 21.2 Å². The molecule has 2 aromatic carbocycles. The summed E-state index contributed by atoms with van der Waals surface area (Å²) in [6, 6.07) is 11.2. The molecule has 6 heteroatoms. The fraction of sp³-hybridized carbons (Fsp3) is 0.440. The van der Waals surface area contributed by atoms with Crippen molar-refractivity contribution in [1.82, 2.24) is 10.2 Å². The van der Waals surface area contributed by atoms with Crippen LogP contribution in [0.15, 0.2) is 40.9 Å². The van der Waals surface area contributed by atoms with Gasteiger partial charge in [-0.2, -0.15) is 0 Å². The Morgan fingerprint density at radius 1 is 1.06 bits per heavy atom. The van der Waals surface area contributed by atoms with E-state index in [1.54, 1.807) is 4.90 Å². The average molecular weight is 489 g/mol. The Bertz CT molecular complexity index is 890. The predicted molar refractivity (Wildman–Crippen MR) is 128 cm³/mol. The third kappa shape index (κ3) is 6.82. The summed E-state index contributed by atoms with van der Waals surface area (Å²) in [4.78, 5) is 27.7. The smallest absolute Gasteiger partial charge is 0.261 e. The number of amides is 2. The SMILES string of the molecule is CCCNC(=O)[C@@H](CC)N(Cc1ccccc1C)C(=O)COc1cc(C)c(Br)c(C)c1. The van der Waals surface area contributed by atoms with E-state index in [-0.39, 0.29) is 18.4 Å². The minimum atomic E-state index is -0.546. The Hall–Kier alpha value is -2.34. The van der Waals surface area contributed by atoms with Crippen molar-refractivity contribution in [3.8, 4) is 5.75 Å². The highest BCUT2D eigenvalue weighted by Crippen LogP contribution is 2.26. The van der Waals surface area contributed by atoms with Crippen LogP contribution >= 0.6 is 15.9 Å². The topological polar surface area (TPSA) is 58.6 Å². The van der Waals surface area contributed by atoms with Gasteiger partial charge in [0.15, 0.2) is 6.61 Å². The molecule has 0 unspecified atom stereocenters. The summed E-state index contributed by atoms with van der Waals surface area (Å²) >= 11 is 3.55. The van der Waals surface area contributed by atoms with Crippen molar-refractivity contribution in [2.45, 2.75) is 60.0 Å². The van der Waals surface area contributed by atoms with Crippen molar-refractivity contribution in [3.63, 3.8) is 0 Å². The van der Waals surface area contributed by atoms with Crippen molar-refractivity contribution >= 4 is 27.7 Å². The maximum atomic E-state index is 13.3. The average Bonchev–Trinajstić information content (AvgIpc) is 2.75. The molecule has 2 aromatic rings. The highest BCUT2D eigenvalue weighted by Gasteiger charge is 2.29. The molecule has 0 aliphatic heterocycles. The Labute approximate surface area is 194 Å². The molecule has 0 aliphatic rings. The van der Waals surface area contributed by atoms with Crippen LogP contribution < -0.4 is 10.1 Å². The number of benzene rings is 2. The van der Waals surface area contributed by atoms with E-state index in [1.165, 1.54) is 0 Å². The van der Waals surface area contributed by atoms with Gasteiger partial charge in [-0.1, -0.05) is 54.0 Å². The number of halogens is 1. The van der Waals surface area contributed by atoms with Crippen LogP contribution in [0.5, 0.6) is 5.75 Å². The molecule has 5 nitrogen and oxygen atoms in total. The van der Waals surface area contributed by atoms with Crippen molar-refractivity contribution in [2.75, 3.05) is 13.2 Å². The summed E-state index contributed by atoms with van der Waals surface area (Å²) in [5.41, 5.74) is 4.20. The molecule has 1 N–H and O–H groups in total. The summed E-state index contributed by atoms with van der Waals surface area (Å²) in [5, 5.41) is 2.94. The second-order valence-corrected chi connectivity index (χ2v) is 8.62. The number of carbonyl (C=O) groups is 2. The van der Waals surface area contributed by atoms with Gasteiger partial charge in [0.05, 0.1) is 0 Å². The Morgan fingerprint density at radius 2 is 1.71 bits per heavy atom. The van der Waals surface area contributed by atoms with Gasteiger partial charge in [0.2, 0.25) is 5.91 Å². The lowest BCUT2D eigenvalue weighted by molar-refractivity contribution is -0.143. The molecule has 2 rings (SSSR count). The highest BCUT2D eigenvalue weighted by molar-refractivity contribution is 9.10. The third-order valence-corrected chi connectivity index (χ3v) is 6.56. The van der Waals surface area contributed by atoms with Crippen LogP contribution in [0.3, 0.4) is 0 Å². The summed E-state index contributed by atoms with van der Waals surface area (Å²) in [7, 11) is 0. The largest absolute Gasteiger partial charge is 0.484 e. The van der Waals surface area contributed by atoms with Crippen LogP contribution in [0.2, 0.25) is 0 Å². The Morgan fingerprint density at radius 3 is 2.29 bits per heavy atom. The molecule has 0 saturated heterocycles. The van der Waals surface area contributed by atoms with E-state index in [0.717, 1.165) is 33.1 Å². The number of hydrogen-bond acceptors (Lipinski definition) is 3. The highest BCUT2D eigenvalue weighted by atomic mass is 79.9. The number of aryl methyl sites for hydroxylation is 3. The molecule has 0 aliphatic carbocycles. The maximum absolute atomic E-state index is 13.3. The lowest BCUT2D eigenvalue weighted by Crippen LogP contribution is -2.50. The van der Waals surface area contributed by atoms with Gasteiger partial charge in [-0.3, -0.25) is 9.59 Å². The summed E-state index contributed by atoms with van der Waals surface area (Å²) in [5.74, 6) is 0.312. The lowest BCUT2D eigenvalue weighted by atomic mass is 10.1. The van der Waals surface area contributed by atoms with Gasteiger partial charge in [0.1, 0.15) is 11.8 Å². The van der Waals surface area contributed by atoms with Gasteiger partial charge in [-0.25, -0.2) is 0 Å². The van der Waals surface area contributed by atoms with E-state index in [1.807, 2.05) is 71.0 Å². The first-order chi connectivity index (χ1) is 14.8. The molecule has 0 heterocycles. The minimum absolute atomic E-state index is 0.121. The summed E-state index contributed by atoms with van der Waals surface area (Å²) in [6.07, 6.45) is 1.38. The molecule has 0 spiro atoms. The molecular weight excluding hydrogens is 456 g/mol. The molecule has 2 amide bonds. The molecule has 0 bridgehead atoms. The summed E-state index contributed by atoms with van der Waals surface area (Å²) < 4.78 is 6.88. The minimum Gasteiger partial charge on any atom is -0.484 e. The molecule has 31 heavy (non-hydrogen) atoms. The number of rotatable bonds is 10. The maximum Gasteiger partial charge on any atom is 0.261 e. The van der Waals surface area contributed by atoms with E-state index in [9.17, 15) is 9.59 Å². The van der Waals surface area contributed by atoms with Crippen molar-refractivity contribution in [2.24, 2.45) is 0 Å². The Kier molecular flexibility index (Phi) is 9.56. The van der Waals surface area contributed by atoms with Gasteiger partial charge >= 0.3 is 0 Å². The van der Waals surface area contributed by atoms with Gasteiger partial charge in [0, 0.05) is 17.6 Å². The van der Waals surface area contributed by atoms with Gasteiger partial charge in [-0.15, -0.1) is 0 Å². The molecule has 1 atom stereocenters. The van der Waals surface area contributed by atoms with Crippen molar-refractivity contribution in [1.29, 1.82) is 0 Å². The van der Waals surface area contributed by atoms with Crippen molar-refractivity contribution in [3.05, 3.63) is 63.1 Å². The standard InChI is InChI=1S/C25H33BrN2O3/c1-6-12-27-25(30)22(7-2)28(15-20-11-9-8-10-17(20)3)23(29)16-31-21-13-18(4)24(26)19(5)14-21/h8-11,13-14,22H,6-7,12,15-16H2,1-5H3,(H,27,30)/t22-/m1/s1. The normalized spacial score (nSPS) is 11.7. The monoisotopic (exact) mass is 488 g/mol. The van der Waals surface area contributed by atoms with Crippen molar-refractivity contribution < 1.29 is 14.3 Å².